The number of aliphatic imine (C=N–C) groups is 1. The van der Waals surface area contributed by atoms with E-state index in [4.69, 9.17) is 9.98 Å². The first-order chi connectivity index (χ1) is 24.7. The number of hydrogen-bond donors (Lipinski definition) is 3. The van der Waals surface area contributed by atoms with Crippen LogP contribution in [0.5, 0.6) is 0 Å². The highest BCUT2D eigenvalue weighted by molar-refractivity contribution is 6.13. The van der Waals surface area contributed by atoms with Crippen LogP contribution in [-0.4, -0.2) is 22.8 Å². The number of fused-ring (bicyclic) bond motifs is 2. The van der Waals surface area contributed by atoms with Crippen molar-refractivity contribution in [2.24, 2.45) is 4.99 Å². The first-order valence-corrected chi connectivity index (χ1v) is 17.1. The molecular weight excluding hydrogens is 611 g/mol. The van der Waals surface area contributed by atoms with Gasteiger partial charge in [0.25, 0.3) is 0 Å². The van der Waals surface area contributed by atoms with Crippen LogP contribution in [0.1, 0.15) is 28.4 Å². The largest absolute Gasteiger partial charge is 0.382 e. The molecule has 0 spiro atoms. The van der Waals surface area contributed by atoms with Crippen molar-refractivity contribution in [2.75, 3.05) is 5.32 Å². The molecule has 3 unspecified atom stereocenters. The first-order valence-electron chi connectivity index (χ1n) is 17.1. The minimum absolute atomic E-state index is 0.169. The van der Waals surface area contributed by atoms with Crippen molar-refractivity contribution in [1.29, 1.82) is 0 Å². The molecule has 4 heterocycles. The fraction of sp³-hybridized carbons (Fsp3) is 0.0667. The van der Waals surface area contributed by atoms with Crippen molar-refractivity contribution in [2.45, 2.75) is 18.2 Å². The molecule has 0 radical (unpaired) electrons. The highest BCUT2D eigenvalue weighted by Gasteiger charge is 2.22. The van der Waals surface area contributed by atoms with Crippen LogP contribution in [0.25, 0.3) is 45.1 Å². The molecule has 0 amide bonds. The molecule has 3 atom stereocenters. The van der Waals surface area contributed by atoms with Gasteiger partial charge in [0.1, 0.15) is 6.17 Å². The fourth-order valence-corrected chi connectivity index (χ4v) is 6.90. The zero-order valence-corrected chi connectivity index (χ0v) is 27.4. The molecule has 50 heavy (non-hydrogen) atoms. The van der Waals surface area contributed by atoms with Gasteiger partial charge in [-0.25, -0.2) is 4.98 Å². The van der Waals surface area contributed by atoms with Crippen molar-refractivity contribution in [3.63, 3.8) is 0 Å². The van der Waals surface area contributed by atoms with Crippen LogP contribution in [0.15, 0.2) is 175 Å². The van der Waals surface area contributed by atoms with Crippen LogP contribution in [0, 0.1) is 0 Å². The van der Waals surface area contributed by atoms with Gasteiger partial charge in [0.15, 0.2) is 0 Å². The van der Waals surface area contributed by atoms with E-state index in [0.717, 1.165) is 67.1 Å². The number of allylic oxidation sites excluding steroid dienone is 3. The summed E-state index contributed by atoms with van der Waals surface area (Å²) < 4.78 is 0. The van der Waals surface area contributed by atoms with Gasteiger partial charge in [-0.3, -0.25) is 4.99 Å². The third-order valence-corrected chi connectivity index (χ3v) is 9.58. The number of rotatable bonds is 6. The summed E-state index contributed by atoms with van der Waals surface area (Å²) in [4.78, 5) is 10.3. The van der Waals surface area contributed by atoms with E-state index in [9.17, 15) is 0 Å². The van der Waals surface area contributed by atoms with E-state index >= 15 is 0 Å². The minimum Gasteiger partial charge on any atom is -0.382 e. The lowest BCUT2D eigenvalue weighted by Gasteiger charge is -2.29. The van der Waals surface area contributed by atoms with E-state index in [1.54, 1.807) is 0 Å². The van der Waals surface area contributed by atoms with Crippen LogP contribution in [0.2, 0.25) is 0 Å². The van der Waals surface area contributed by atoms with Crippen molar-refractivity contribution < 1.29 is 0 Å². The molecule has 0 bridgehead atoms. The predicted octanol–water partition coefficient (Wildman–Crippen LogP) is 9.55. The maximum Gasteiger partial charge on any atom is 0.145 e. The lowest BCUT2D eigenvalue weighted by molar-refractivity contribution is 0.646. The Balaban J connectivity index is 1.02. The summed E-state index contributed by atoms with van der Waals surface area (Å²) >= 11 is 0. The average Bonchev–Trinajstić information content (AvgIpc) is 3.21. The smallest absolute Gasteiger partial charge is 0.145 e. The summed E-state index contributed by atoms with van der Waals surface area (Å²) in [5.41, 5.74) is 12.9. The van der Waals surface area contributed by atoms with Gasteiger partial charge in [-0.2, -0.15) is 0 Å². The molecule has 0 saturated heterocycles. The Morgan fingerprint density at radius 1 is 0.560 bits per heavy atom. The molecule has 0 saturated carbocycles. The second-order valence-electron chi connectivity index (χ2n) is 12.8. The minimum atomic E-state index is -0.183. The number of aromatic nitrogens is 1. The maximum atomic E-state index is 5.17. The lowest BCUT2D eigenvalue weighted by Crippen LogP contribution is -2.41. The van der Waals surface area contributed by atoms with E-state index in [0.29, 0.717) is 0 Å². The molecule has 5 aromatic carbocycles. The summed E-state index contributed by atoms with van der Waals surface area (Å²) in [5.74, 6) is 0. The number of dihydropyridines is 1. The highest BCUT2D eigenvalue weighted by Crippen LogP contribution is 2.33. The zero-order valence-electron chi connectivity index (χ0n) is 27.4. The summed E-state index contributed by atoms with van der Waals surface area (Å²) in [6.45, 7) is 0. The number of anilines is 1. The highest BCUT2D eigenvalue weighted by atomic mass is 15.1. The Bertz CT molecular complexity index is 2370. The number of benzene rings is 5. The standard InChI is InChI=1S/C45H35N5/c1-3-10-30(11-4-1)43-29-44(50-45(49-43)33-12-5-2-6-13-33)36-15-9-14-34(26-36)35-19-17-31-21-23-38(47-41(31)27-35)37-20-18-32-22-24-40(48-42(32)28-37)39-16-7-8-25-46-39/h1-29,39-40,45-46,48,50H. The van der Waals surface area contributed by atoms with E-state index in [1.807, 2.05) is 24.4 Å². The van der Waals surface area contributed by atoms with Crippen LogP contribution < -0.4 is 16.0 Å². The van der Waals surface area contributed by atoms with E-state index in [-0.39, 0.29) is 18.2 Å². The summed E-state index contributed by atoms with van der Waals surface area (Å²) in [6, 6.07) is 47.3. The van der Waals surface area contributed by atoms with E-state index in [1.165, 1.54) is 5.56 Å². The molecule has 3 N–H and O–H groups in total. The molecule has 6 aromatic rings. The Morgan fingerprint density at radius 2 is 1.34 bits per heavy atom. The molecule has 0 aliphatic carbocycles. The van der Waals surface area contributed by atoms with Crippen molar-refractivity contribution in [1.82, 2.24) is 15.6 Å². The molecule has 3 aliphatic rings. The molecule has 1 aromatic heterocycles. The number of pyridine rings is 1. The molecule has 5 heteroatoms. The summed E-state index contributed by atoms with van der Waals surface area (Å²) in [5, 5.41) is 12.0. The van der Waals surface area contributed by atoms with Crippen molar-refractivity contribution >= 4 is 34.1 Å². The fourth-order valence-electron chi connectivity index (χ4n) is 6.90. The van der Waals surface area contributed by atoms with Gasteiger partial charge >= 0.3 is 0 Å². The second-order valence-corrected chi connectivity index (χ2v) is 12.8. The monoisotopic (exact) mass is 645 g/mol. The summed E-state index contributed by atoms with van der Waals surface area (Å²) in [6.07, 6.45) is 14.7. The molecule has 5 nitrogen and oxygen atoms in total. The van der Waals surface area contributed by atoms with Crippen LogP contribution in [0.3, 0.4) is 0 Å². The van der Waals surface area contributed by atoms with Gasteiger partial charge in [-0.1, -0.05) is 133 Å². The lowest BCUT2D eigenvalue weighted by atomic mass is 9.97. The Hall–Kier alpha value is -6.46. The van der Waals surface area contributed by atoms with Crippen molar-refractivity contribution in [3.8, 4) is 22.4 Å². The van der Waals surface area contributed by atoms with Gasteiger partial charge in [0.2, 0.25) is 0 Å². The van der Waals surface area contributed by atoms with Crippen LogP contribution in [-0.2, 0) is 0 Å². The molecule has 240 valence electrons. The molecule has 3 aliphatic heterocycles. The Labute approximate surface area is 292 Å². The summed E-state index contributed by atoms with van der Waals surface area (Å²) in [7, 11) is 0. The van der Waals surface area contributed by atoms with Crippen LogP contribution >= 0.6 is 0 Å². The Morgan fingerprint density at radius 3 is 2.20 bits per heavy atom. The molecular formula is C45H35N5. The van der Waals surface area contributed by atoms with E-state index in [2.05, 4.69) is 168 Å². The second kappa shape index (κ2) is 12.9. The molecule has 0 fully saturated rings. The van der Waals surface area contributed by atoms with Gasteiger partial charge in [0, 0.05) is 22.3 Å². The molecule has 9 rings (SSSR count). The number of nitrogens with one attached hydrogen (secondary N) is 3. The Kier molecular flexibility index (Phi) is 7.63. The quantitative estimate of drug-likeness (QED) is 0.169. The maximum absolute atomic E-state index is 5.17. The first kappa shape index (κ1) is 29.7. The van der Waals surface area contributed by atoms with Gasteiger partial charge in [-0.05, 0) is 76.0 Å². The van der Waals surface area contributed by atoms with Gasteiger partial charge in [-0.15, -0.1) is 0 Å². The van der Waals surface area contributed by atoms with E-state index < -0.39 is 0 Å². The topological polar surface area (TPSA) is 61.3 Å². The number of nitrogens with zero attached hydrogens (tertiary/aromatic N) is 2. The van der Waals surface area contributed by atoms with Gasteiger partial charge < -0.3 is 16.0 Å². The average molecular weight is 646 g/mol. The van der Waals surface area contributed by atoms with Gasteiger partial charge in [0.05, 0.1) is 29.0 Å². The zero-order chi connectivity index (χ0) is 33.3. The number of hydrogen-bond acceptors (Lipinski definition) is 5. The predicted molar refractivity (Wildman–Crippen MR) is 208 cm³/mol. The van der Waals surface area contributed by atoms with Crippen LogP contribution in [0.4, 0.5) is 5.69 Å². The third-order valence-electron chi connectivity index (χ3n) is 9.58. The third kappa shape index (κ3) is 5.90. The van der Waals surface area contributed by atoms with Crippen molar-refractivity contribution in [3.05, 3.63) is 192 Å². The normalized spacial score (nSPS) is 19.1. The SMILES string of the molecule is C1=CNC(C2C=Cc3ccc(-c4ccc5ccc(-c6cccc(C7=CC(c8ccccc8)=NC(c8ccccc8)N7)c6)cc5n4)cc3N2)C=C1.